The van der Waals surface area contributed by atoms with Crippen molar-refractivity contribution in [3.63, 3.8) is 0 Å². The minimum atomic E-state index is -1.47. The molecule has 0 spiro atoms. The summed E-state index contributed by atoms with van der Waals surface area (Å²) in [5.41, 5.74) is 15.3. The van der Waals surface area contributed by atoms with E-state index < -0.39 is 17.5 Å². The molecule has 0 aliphatic carbocycles. The average Bonchev–Trinajstić information content (AvgIpc) is 2.72. The number of nitrogens with one attached hydrogen (secondary N) is 4. The summed E-state index contributed by atoms with van der Waals surface area (Å²) >= 11 is 0. The van der Waals surface area contributed by atoms with Gasteiger partial charge in [0.1, 0.15) is 0 Å². The maximum absolute atomic E-state index is 13.2. The van der Waals surface area contributed by atoms with Gasteiger partial charge >= 0.3 is 0 Å². The second kappa shape index (κ2) is 9.64. The molecule has 7 heteroatoms. The maximum atomic E-state index is 13.2. The molecule has 0 amide bonds. The first kappa shape index (κ1) is 20.3. The highest BCUT2D eigenvalue weighted by atomic mass is 19.2. The number of benzene rings is 3. The average molecular weight is 396 g/mol. The van der Waals surface area contributed by atoms with Crippen LogP contribution in [0.5, 0.6) is 0 Å². The van der Waals surface area contributed by atoms with E-state index in [1.54, 1.807) is 7.05 Å². The predicted octanol–water partition coefficient (Wildman–Crippen LogP) is 4.17. The SMILES string of the molecule is CNNc1ccc(C#Cc2ccc(NNCc3cc(F)c(F)c(F)c3)cc2)cc1. The van der Waals surface area contributed by atoms with E-state index in [1.165, 1.54) is 0 Å². The van der Waals surface area contributed by atoms with Crippen LogP contribution in [0.4, 0.5) is 24.5 Å². The van der Waals surface area contributed by atoms with E-state index in [2.05, 4.69) is 33.5 Å². The van der Waals surface area contributed by atoms with Crippen molar-refractivity contribution in [1.82, 2.24) is 10.9 Å². The fourth-order valence-corrected chi connectivity index (χ4v) is 2.52. The quantitative estimate of drug-likeness (QED) is 0.287. The zero-order valence-electron chi connectivity index (χ0n) is 15.6. The number of halogens is 3. The topological polar surface area (TPSA) is 48.1 Å². The Hall–Kier alpha value is -3.47. The van der Waals surface area contributed by atoms with E-state index in [9.17, 15) is 13.2 Å². The summed E-state index contributed by atoms with van der Waals surface area (Å²) in [6, 6.07) is 17.0. The normalized spacial score (nSPS) is 10.2. The largest absolute Gasteiger partial charge is 0.322 e. The molecule has 0 atom stereocenters. The van der Waals surface area contributed by atoms with Crippen LogP contribution in [-0.2, 0) is 6.54 Å². The first-order chi connectivity index (χ1) is 14.0. The molecular weight excluding hydrogens is 377 g/mol. The van der Waals surface area contributed by atoms with E-state index in [1.807, 2.05) is 48.5 Å². The van der Waals surface area contributed by atoms with Gasteiger partial charge in [-0.1, -0.05) is 11.8 Å². The number of hydrogen-bond acceptors (Lipinski definition) is 4. The standard InChI is InChI=1S/C22H19F3N4/c1-26-28-18-8-4-15(5-9-18)2-3-16-6-10-19(11-7-16)29-27-14-17-12-20(23)22(25)21(24)13-17/h4-13,26-29H,14H2,1H3. The number of rotatable bonds is 6. The van der Waals surface area contributed by atoms with Crippen molar-refractivity contribution in [2.75, 3.05) is 17.9 Å². The van der Waals surface area contributed by atoms with Crippen molar-refractivity contribution in [2.24, 2.45) is 0 Å². The van der Waals surface area contributed by atoms with Gasteiger partial charge in [-0.2, -0.15) is 0 Å². The van der Waals surface area contributed by atoms with E-state index in [4.69, 9.17) is 0 Å². The van der Waals surface area contributed by atoms with Crippen molar-refractivity contribution in [2.45, 2.75) is 6.54 Å². The van der Waals surface area contributed by atoms with Crippen LogP contribution >= 0.6 is 0 Å². The van der Waals surface area contributed by atoms with Gasteiger partial charge in [0, 0.05) is 36.1 Å². The third-order valence-electron chi connectivity index (χ3n) is 3.96. The number of hydrazine groups is 2. The Morgan fingerprint density at radius 3 is 1.69 bits per heavy atom. The van der Waals surface area contributed by atoms with Gasteiger partial charge in [-0.25, -0.2) is 24.0 Å². The zero-order chi connectivity index (χ0) is 20.6. The Balaban J connectivity index is 1.54. The van der Waals surface area contributed by atoms with Crippen LogP contribution in [0.1, 0.15) is 16.7 Å². The smallest absolute Gasteiger partial charge is 0.194 e. The third-order valence-corrected chi connectivity index (χ3v) is 3.96. The van der Waals surface area contributed by atoms with Gasteiger partial charge in [0.2, 0.25) is 0 Å². The minimum absolute atomic E-state index is 0.119. The van der Waals surface area contributed by atoms with Gasteiger partial charge in [0.25, 0.3) is 0 Å². The summed E-state index contributed by atoms with van der Waals surface area (Å²) in [6.45, 7) is 0.119. The predicted molar refractivity (Wildman–Crippen MR) is 108 cm³/mol. The fraction of sp³-hybridized carbons (Fsp3) is 0.0909. The van der Waals surface area contributed by atoms with Gasteiger partial charge in [0.15, 0.2) is 17.5 Å². The Bertz CT molecular complexity index is 1000. The van der Waals surface area contributed by atoms with Crippen LogP contribution in [0.3, 0.4) is 0 Å². The first-order valence-electron chi connectivity index (χ1n) is 8.82. The fourth-order valence-electron chi connectivity index (χ4n) is 2.52. The third kappa shape index (κ3) is 5.75. The summed E-state index contributed by atoms with van der Waals surface area (Å²) in [4.78, 5) is 0. The summed E-state index contributed by atoms with van der Waals surface area (Å²) in [5.74, 6) is 2.29. The first-order valence-corrected chi connectivity index (χ1v) is 8.82. The van der Waals surface area contributed by atoms with Crippen LogP contribution in [0, 0.1) is 29.3 Å². The van der Waals surface area contributed by atoms with Gasteiger partial charge < -0.3 is 10.9 Å². The van der Waals surface area contributed by atoms with Crippen LogP contribution < -0.4 is 21.7 Å². The molecule has 0 aliphatic rings. The van der Waals surface area contributed by atoms with Gasteiger partial charge in [-0.05, 0) is 66.2 Å². The van der Waals surface area contributed by atoms with Crippen molar-refractivity contribution >= 4 is 11.4 Å². The van der Waals surface area contributed by atoms with Crippen molar-refractivity contribution in [3.05, 3.63) is 94.8 Å². The van der Waals surface area contributed by atoms with E-state index in [0.29, 0.717) is 0 Å². The molecule has 29 heavy (non-hydrogen) atoms. The molecule has 0 fully saturated rings. The van der Waals surface area contributed by atoms with Crippen LogP contribution in [0.2, 0.25) is 0 Å². The summed E-state index contributed by atoms with van der Waals surface area (Å²) < 4.78 is 39.4. The molecule has 0 unspecified atom stereocenters. The Morgan fingerprint density at radius 1 is 0.724 bits per heavy atom. The Kier molecular flexibility index (Phi) is 6.74. The van der Waals surface area contributed by atoms with Crippen molar-refractivity contribution < 1.29 is 13.2 Å². The lowest BCUT2D eigenvalue weighted by atomic mass is 10.1. The maximum Gasteiger partial charge on any atom is 0.194 e. The molecule has 4 N–H and O–H groups in total. The van der Waals surface area contributed by atoms with Crippen LogP contribution in [-0.4, -0.2) is 7.05 Å². The molecule has 0 saturated carbocycles. The van der Waals surface area contributed by atoms with Crippen LogP contribution in [0.15, 0.2) is 60.7 Å². The molecular formula is C22H19F3N4. The summed E-state index contributed by atoms with van der Waals surface area (Å²) in [5, 5.41) is 0. The molecule has 0 aromatic heterocycles. The second-order valence-corrected chi connectivity index (χ2v) is 6.13. The lowest BCUT2D eigenvalue weighted by Gasteiger charge is -2.09. The molecule has 0 radical (unpaired) electrons. The molecule has 0 heterocycles. The highest BCUT2D eigenvalue weighted by Gasteiger charge is 2.10. The number of hydrogen-bond donors (Lipinski definition) is 4. The van der Waals surface area contributed by atoms with E-state index >= 15 is 0 Å². The number of anilines is 2. The van der Waals surface area contributed by atoms with E-state index in [-0.39, 0.29) is 12.1 Å². The molecule has 3 aromatic rings. The monoisotopic (exact) mass is 396 g/mol. The minimum Gasteiger partial charge on any atom is -0.322 e. The zero-order valence-corrected chi connectivity index (χ0v) is 15.6. The summed E-state index contributed by atoms with van der Waals surface area (Å²) in [6.07, 6.45) is 0. The molecule has 3 rings (SSSR count). The lowest BCUT2D eigenvalue weighted by molar-refractivity contribution is 0.444. The molecule has 148 valence electrons. The van der Waals surface area contributed by atoms with Crippen molar-refractivity contribution in [1.29, 1.82) is 0 Å². The Labute approximate surface area is 167 Å². The highest BCUT2D eigenvalue weighted by Crippen LogP contribution is 2.14. The molecule has 0 saturated heterocycles. The Morgan fingerprint density at radius 2 is 1.21 bits per heavy atom. The molecule has 0 aliphatic heterocycles. The van der Waals surface area contributed by atoms with Crippen molar-refractivity contribution in [3.8, 4) is 11.8 Å². The van der Waals surface area contributed by atoms with E-state index in [0.717, 1.165) is 34.6 Å². The molecule has 0 bridgehead atoms. The van der Waals surface area contributed by atoms with Gasteiger partial charge in [-0.3, -0.25) is 0 Å². The lowest BCUT2D eigenvalue weighted by Crippen LogP contribution is -2.21. The van der Waals surface area contributed by atoms with Gasteiger partial charge in [0.05, 0.1) is 0 Å². The molecule has 4 nitrogen and oxygen atoms in total. The van der Waals surface area contributed by atoms with Crippen LogP contribution in [0.25, 0.3) is 0 Å². The van der Waals surface area contributed by atoms with Gasteiger partial charge in [-0.15, -0.1) is 0 Å². The molecule has 3 aromatic carbocycles. The highest BCUT2D eigenvalue weighted by molar-refractivity contribution is 5.52. The summed E-state index contributed by atoms with van der Waals surface area (Å²) in [7, 11) is 1.80. The second-order valence-electron chi connectivity index (χ2n) is 6.13.